The Bertz CT molecular complexity index is 512. The third kappa shape index (κ3) is 2.70. The molecule has 0 N–H and O–H groups in total. The molecule has 1 atom stereocenters. The number of isocyanates is 1. The van der Waals surface area contributed by atoms with Crippen LogP contribution in [0.1, 0.15) is 49.1 Å². The van der Waals surface area contributed by atoms with Crippen LogP contribution in [0.3, 0.4) is 0 Å². The molecule has 1 aromatic carbocycles. The van der Waals surface area contributed by atoms with Crippen molar-refractivity contribution in [2.45, 2.75) is 43.6 Å². The van der Waals surface area contributed by atoms with E-state index >= 15 is 0 Å². The second-order valence-corrected chi connectivity index (χ2v) is 6.29. The van der Waals surface area contributed by atoms with Gasteiger partial charge >= 0.3 is 0 Å². The molecule has 1 unspecified atom stereocenters. The van der Waals surface area contributed by atoms with Gasteiger partial charge in [-0.15, -0.1) is 0 Å². The number of likely N-dealkylation sites (tertiary alicyclic amines) is 1. The van der Waals surface area contributed by atoms with Gasteiger partial charge < -0.3 is 4.90 Å². The highest BCUT2D eigenvalue weighted by Gasteiger charge is 2.44. The van der Waals surface area contributed by atoms with Crippen LogP contribution in [0, 0.1) is 0 Å². The molecule has 0 radical (unpaired) electrons. The van der Waals surface area contributed by atoms with Gasteiger partial charge in [-0.25, -0.2) is 4.79 Å². The zero-order valence-corrected chi connectivity index (χ0v) is 12.1. The normalized spacial score (nSPS) is 25.6. The van der Waals surface area contributed by atoms with Gasteiger partial charge in [-0.2, -0.15) is 4.99 Å². The van der Waals surface area contributed by atoms with Crippen molar-refractivity contribution < 1.29 is 4.79 Å². The Labute approximate surface area is 120 Å². The first-order valence-electron chi connectivity index (χ1n) is 7.61. The molecule has 1 heterocycles. The molecule has 0 aromatic heterocycles. The molecule has 3 rings (SSSR count). The van der Waals surface area contributed by atoms with Crippen molar-refractivity contribution in [3.05, 3.63) is 35.4 Å². The lowest BCUT2D eigenvalue weighted by Crippen LogP contribution is -2.18. The maximum Gasteiger partial charge on any atom is 0.235 e. The van der Waals surface area contributed by atoms with Crippen LogP contribution in [0.2, 0.25) is 0 Å². The summed E-state index contributed by atoms with van der Waals surface area (Å²) in [6, 6.07) is 8.81. The number of hydrogen-bond acceptors (Lipinski definition) is 3. The second kappa shape index (κ2) is 5.51. The Hall–Kier alpha value is -1.44. The summed E-state index contributed by atoms with van der Waals surface area (Å²) in [6.45, 7) is 2.40. The largest absolute Gasteiger partial charge is 0.306 e. The number of benzene rings is 1. The van der Waals surface area contributed by atoms with E-state index in [0.717, 1.165) is 12.8 Å². The van der Waals surface area contributed by atoms with E-state index in [4.69, 9.17) is 0 Å². The third-order valence-corrected chi connectivity index (χ3v) is 4.85. The maximum absolute atomic E-state index is 10.5. The average molecular weight is 270 g/mol. The van der Waals surface area contributed by atoms with Crippen LogP contribution in [0.25, 0.3) is 0 Å². The Morgan fingerprint density at radius 1 is 1.20 bits per heavy atom. The van der Waals surface area contributed by atoms with E-state index in [1.165, 1.54) is 43.5 Å². The fraction of sp³-hybridized carbons (Fsp3) is 0.588. The predicted molar refractivity (Wildman–Crippen MR) is 79.6 cm³/mol. The average Bonchev–Trinajstić information content (AvgIpc) is 3.25. The van der Waals surface area contributed by atoms with E-state index in [1.54, 1.807) is 6.08 Å². The van der Waals surface area contributed by atoms with Crippen molar-refractivity contribution in [1.82, 2.24) is 4.90 Å². The summed E-state index contributed by atoms with van der Waals surface area (Å²) in [5, 5.41) is 0. The standard InChI is InChI=1S/C17H22N2O/c1-19-11-2-3-14(8-12-19)15-4-6-16(7-5-15)17(9-10-17)18-13-20/h4-7,14H,2-3,8-12H2,1H3. The van der Waals surface area contributed by atoms with Crippen LogP contribution in [-0.2, 0) is 10.3 Å². The van der Waals surface area contributed by atoms with Gasteiger partial charge in [0.2, 0.25) is 6.08 Å². The van der Waals surface area contributed by atoms with E-state index in [1.807, 2.05) is 0 Å². The molecule has 1 aliphatic heterocycles. The molecule has 106 valence electrons. The second-order valence-electron chi connectivity index (χ2n) is 6.29. The lowest BCUT2D eigenvalue weighted by molar-refractivity contribution is 0.347. The van der Waals surface area contributed by atoms with Crippen LogP contribution in [-0.4, -0.2) is 31.1 Å². The number of carbonyl (C=O) groups excluding carboxylic acids is 1. The smallest absolute Gasteiger partial charge is 0.235 e. The Morgan fingerprint density at radius 3 is 2.60 bits per heavy atom. The van der Waals surface area contributed by atoms with Crippen LogP contribution in [0.15, 0.2) is 29.3 Å². The summed E-state index contributed by atoms with van der Waals surface area (Å²) in [5.41, 5.74) is 2.38. The van der Waals surface area contributed by atoms with E-state index in [-0.39, 0.29) is 5.54 Å². The fourth-order valence-electron chi connectivity index (χ4n) is 3.31. The number of aliphatic imine (C=N–C) groups is 1. The van der Waals surface area contributed by atoms with Crippen molar-refractivity contribution in [3.8, 4) is 0 Å². The first kappa shape index (κ1) is 13.5. The van der Waals surface area contributed by atoms with E-state index < -0.39 is 0 Å². The van der Waals surface area contributed by atoms with Crippen molar-refractivity contribution in [2.75, 3.05) is 20.1 Å². The minimum Gasteiger partial charge on any atom is -0.306 e. The molecular formula is C17H22N2O. The van der Waals surface area contributed by atoms with Crippen molar-refractivity contribution in [1.29, 1.82) is 0 Å². The molecule has 20 heavy (non-hydrogen) atoms. The quantitative estimate of drug-likeness (QED) is 0.624. The van der Waals surface area contributed by atoms with Crippen LogP contribution in [0.4, 0.5) is 0 Å². The van der Waals surface area contributed by atoms with Crippen molar-refractivity contribution >= 4 is 6.08 Å². The van der Waals surface area contributed by atoms with Gasteiger partial charge in [0.15, 0.2) is 0 Å². The summed E-state index contributed by atoms with van der Waals surface area (Å²) in [6.07, 6.45) is 7.50. The lowest BCUT2D eigenvalue weighted by Gasteiger charge is -2.16. The van der Waals surface area contributed by atoms with Crippen molar-refractivity contribution in [3.63, 3.8) is 0 Å². The SMILES string of the molecule is CN1CCCC(c2ccc(C3(N=C=O)CC3)cc2)CC1. The van der Waals surface area contributed by atoms with Gasteiger partial charge in [0, 0.05) is 0 Å². The first-order valence-corrected chi connectivity index (χ1v) is 7.61. The van der Waals surface area contributed by atoms with Crippen LogP contribution in [0.5, 0.6) is 0 Å². The predicted octanol–water partition coefficient (Wildman–Crippen LogP) is 3.21. The van der Waals surface area contributed by atoms with Gasteiger partial charge in [0.1, 0.15) is 0 Å². The zero-order chi connectivity index (χ0) is 14.0. The fourth-order valence-corrected chi connectivity index (χ4v) is 3.31. The highest BCUT2D eigenvalue weighted by atomic mass is 16.1. The van der Waals surface area contributed by atoms with E-state index in [0.29, 0.717) is 5.92 Å². The van der Waals surface area contributed by atoms with Crippen molar-refractivity contribution in [2.24, 2.45) is 4.99 Å². The van der Waals surface area contributed by atoms with E-state index in [2.05, 4.69) is 41.2 Å². The molecular weight excluding hydrogens is 248 g/mol. The summed E-state index contributed by atoms with van der Waals surface area (Å²) >= 11 is 0. The molecule has 1 saturated heterocycles. The van der Waals surface area contributed by atoms with Crippen LogP contribution < -0.4 is 0 Å². The number of hydrogen-bond donors (Lipinski definition) is 0. The zero-order valence-electron chi connectivity index (χ0n) is 12.1. The Morgan fingerprint density at radius 2 is 1.95 bits per heavy atom. The van der Waals surface area contributed by atoms with Crippen LogP contribution >= 0.6 is 0 Å². The molecule has 1 aliphatic carbocycles. The molecule has 0 bridgehead atoms. The molecule has 2 aliphatic rings. The highest BCUT2D eigenvalue weighted by Crippen LogP contribution is 2.49. The summed E-state index contributed by atoms with van der Waals surface area (Å²) in [7, 11) is 2.21. The first-order chi connectivity index (χ1) is 9.73. The molecule has 3 nitrogen and oxygen atoms in total. The molecule has 3 heteroatoms. The molecule has 0 amide bonds. The third-order valence-electron chi connectivity index (χ3n) is 4.85. The summed E-state index contributed by atoms with van der Waals surface area (Å²) < 4.78 is 0. The minimum atomic E-state index is -0.232. The topological polar surface area (TPSA) is 32.7 Å². The van der Waals surface area contributed by atoms with Gasteiger partial charge in [-0.3, -0.25) is 0 Å². The number of nitrogens with zero attached hydrogens (tertiary/aromatic N) is 2. The lowest BCUT2D eigenvalue weighted by atomic mass is 9.90. The molecule has 2 fully saturated rings. The Kier molecular flexibility index (Phi) is 3.73. The number of rotatable bonds is 3. The minimum absolute atomic E-state index is 0.232. The maximum atomic E-state index is 10.5. The highest BCUT2D eigenvalue weighted by molar-refractivity contribution is 5.42. The van der Waals surface area contributed by atoms with Gasteiger partial charge in [0.25, 0.3) is 0 Å². The molecule has 0 spiro atoms. The molecule has 1 aromatic rings. The van der Waals surface area contributed by atoms with Gasteiger partial charge in [-0.05, 0) is 69.3 Å². The van der Waals surface area contributed by atoms with Gasteiger partial charge in [0.05, 0.1) is 5.54 Å². The molecule has 1 saturated carbocycles. The Balaban J connectivity index is 1.74. The monoisotopic (exact) mass is 270 g/mol. The summed E-state index contributed by atoms with van der Waals surface area (Å²) in [4.78, 5) is 16.9. The van der Waals surface area contributed by atoms with E-state index in [9.17, 15) is 4.79 Å². The van der Waals surface area contributed by atoms with Gasteiger partial charge in [-0.1, -0.05) is 24.3 Å². The summed E-state index contributed by atoms with van der Waals surface area (Å²) in [5.74, 6) is 0.679.